The van der Waals surface area contributed by atoms with Crippen LogP contribution >= 0.6 is 0 Å². The van der Waals surface area contributed by atoms with Crippen molar-refractivity contribution in [3.8, 4) is 0 Å². The van der Waals surface area contributed by atoms with Crippen LogP contribution in [0.2, 0.25) is 0 Å². The Balaban J connectivity index is 1.79. The molecule has 136 valence electrons. The highest BCUT2D eigenvalue weighted by molar-refractivity contribution is 6.07. The molecule has 0 amide bonds. The first-order valence-electron chi connectivity index (χ1n) is 9.39. The highest BCUT2D eigenvalue weighted by atomic mass is 16.1. The lowest BCUT2D eigenvalue weighted by Crippen LogP contribution is -2.17. The minimum atomic E-state index is -0.527. The second-order valence-corrected chi connectivity index (χ2v) is 6.84. The molecule has 2 heteroatoms. The molecule has 4 rings (SSSR count). The van der Waals surface area contributed by atoms with Crippen molar-refractivity contribution in [2.24, 2.45) is 0 Å². The molecule has 0 aromatic heterocycles. The Labute approximate surface area is 164 Å². The topological polar surface area (TPSA) is 34.1 Å². The molecule has 0 aliphatic heterocycles. The summed E-state index contributed by atoms with van der Waals surface area (Å²) in [5.41, 5.74) is 2.16. The second-order valence-electron chi connectivity index (χ2n) is 6.84. The van der Waals surface area contributed by atoms with Crippen LogP contribution in [0.4, 0.5) is 0 Å². The SMILES string of the molecule is O=C(CC(C(=O)c1ccccc1)c1cccc2ccccc12)c1ccccc1. The quantitative estimate of drug-likeness (QED) is 0.389. The lowest BCUT2D eigenvalue weighted by atomic mass is 9.83. The fraction of sp³-hybridized carbons (Fsp3) is 0.0769. The van der Waals surface area contributed by atoms with Crippen molar-refractivity contribution < 1.29 is 9.59 Å². The molecule has 0 N–H and O–H groups in total. The van der Waals surface area contributed by atoms with Crippen LogP contribution in [0.25, 0.3) is 10.8 Å². The molecule has 0 bridgehead atoms. The van der Waals surface area contributed by atoms with E-state index < -0.39 is 5.92 Å². The number of rotatable bonds is 6. The monoisotopic (exact) mass is 364 g/mol. The summed E-state index contributed by atoms with van der Waals surface area (Å²) in [6.07, 6.45) is 0.145. The molecule has 1 unspecified atom stereocenters. The molecule has 1 atom stereocenters. The highest BCUT2D eigenvalue weighted by Gasteiger charge is 2.26. The molecule has 4 aromatic rings. The number of benzene rings is 4. The van der Waals surface area contributed by atoms with Crippen LogP contribution in [0.5, 0.6) is 0 Å². The van der Waals surface area contributed by atoms with Gasteiger partial charge in [-0.05, 0) is 16.3 Å². The van der Waals surface area contributed by atoms with E-state index in [0.29, 0.717) is 11.1 Å². The van der Waals surface area contributed by atoms with Crippen molar-refractivity contribution in [3.05, 3.63) is 120 Å². The molecule has 0 spiro atoms. The molecule has 0 aliphatic carbocycles. The number of Topliss-reactive ketones (excluding diaryl/α,β-unsaturated/α-hetero) is 2. The number of hydrogen-bond acceptors (Lipinski definition) is 2. The number of ketones is 2. The predicted octanol–water partition coefficient (Wildman–Crippen LogP) is 6.08. The van der Waals surface area contributed by atoms with E-state index in [1.54, 1.807) is 12.1 Å². The Morgan fingerprint density at radius 1 is 0.607 bits per heavy atom. The van der Waals surface area contributed by atoms with E-state index >= 15 is 0 Å². The van der Waals surface area contributed by atoms with E-state index in [9.17, 15) is 9.59 Å². The minimum absolute atomic E-state index is 0.0252. The molecule has 0 saturated carbocycles. The summed E-state index contributed by atoms with van der Waals surface area (Å²) < 4.78 is 0. The summed E-state index contributed by atoms with van der Waals surface area (Å²) in [4.78, 5) is 26.4. The largest absolute Gasteiger partial charge is 0.294 e. The molecular weight excluding hydrogens is 344 g/mol. The van der Waals surface area contributed by atoms with Crippen LogP contribution in [0, 0.1) is 0 Å². The normalized spacial score (nSPS) is 11.9. The van der Waals surface area contributed by atoms with Crippen molar-refractivity contribution in [2.45, 2.75) is 12.3 Å². The zero-order valence-electron chi connectivity index (χ0n) is 15.4. The summed E-state index contributed by atoms with van der Waals surface area (Å²) in [5.74, 6) is -0.578. The minimum Gasteiger partial charge on any atom is -0.294 e. The summed E-state index contributed by atoms with van der Waals surface area (Å²) in [7, 11) is 0. The van der Waals surface area contributed by atoms with Crippen LogP contribution in [0.15, 0.2) is 103 Å². The molecule has 0 heterocycles. The Hall–Kier alpha value is -3.52. The van der Waals surface area contributed by atoms with Gasteiger partial charge in [0.25, 0.3) is 0 Å². The standard InChI is InChI=1S/C26H20O2/c27-25(20-11-3-1-4-12-20)18-24(26(28)21-13-5-2-6-14-21)23-17-9-15-19-10-7-8-16-22(19)23/h1-17,24H,18H2. The molecule has 0 fully saturated rings. The number of carbonyl (C=O) groups excluding carboxylic acids is 2. The number of hydrogen-bond donors (Lipinski definition) is 0. The fourth-order valence-corrected chi connectivity index (χ4v) is 3.63. The van der Waals surface area contributed by atoms with Crippen molar-refractivity contribution in [1.29, 1.82) is 0 Å². The van der Waals surface area contributed by atoms with Gasteiger partial charge in [0.2, 0.25) is 0 Å². The van der Waals surface area contributed by atoms with Gasteiger partial charge in [0.1, 0.15) is 0 Å². The van der Waals surface area contributed by atoms with Gasteiger partial charge < -0.3 is 0 Å². The Morgan fingerprint density at radius 2 is 1.18 bits per heavy atom. The lowest BCUT2D eigenvalue weighted by Gasteiger charge is -2.18. The van der Waals surface area contributed by atoms with Crippen molar-refractivity contribution in [1.82, 2.24) is 0 Å². The smallest absolute Gasteiger partial charge is 0.170 e. The van der Waals surface area contributed by atoms with Gasteiger partial charge in [-0.15, -0.1) is 0 Å². The van der Waals surface area contributed by atoms with E-state index in [2.05, 4.69) is 0 Å². The zero-order chi connectivity index (χ0) is 19.3. The van der Waals surface area contributed by atoms with Crippen LogP contribution < -0.4 is 0 Å². The first kappa shape index (κ1) is 17.9. The summed E-state index contributed by atoms with van der Waals surface area (Å²) in [6.45, 7) is 0. The van der Waals surface area contributed by atoms with E-state index in [1.165, 1.54) is 0 Å². The third kappa shape index (κ3) is 3.63. The van der Waals surface area contributed by atoms with Gasteiger partial charge >= 0.3 is 0 Å². The molecule has 4 aromatic carbocycles. The summed E-state index contributed by atoms with van der Waals surface area (Å²) in [5, 5.41) is 2.08. The molecule has 2 nitrogen and oxygen atoms in total. The van der Waals surface area contributed by atoms with E-state index in [0.717, 1.165) is 16.3 Å². The third-order valence-corrected chi connectivity index (χ3v) is 5.06. The molecule has 0 aliphatic rings. The second kappa shape index (κ2) is 8.01. The van der Waals surface area contributed by atoms with Gasteiger partial charge in [0.15, 0.2) is 11.6 Å². The average Bonchev–Trinajstić information content (AvgIpc) is 2.78. The van der Waals surface area contributed by atoms with Crippen LogP contribution in [-0.2, 0) is 0 Å². The zero-order valence-corrected chi connectivity index (χ0v) is 15.4. The Kier molecular flexibility index (Phi) is 5.11. The molecule has 0 saturated heterocycles. The maximum atomic E-state index is 13.4. The van der Waals surface area contributed by atoms with Gasteiger partial charge in [0.05, 0.1) is 5.92 Å². The van der Waals surface area contributed by atoms with Gasteiger partial charge in [0, 0.05) is 17.5 Å². The molecule has 0 radical (unpaired) electrons. The number of carbonyl (C=O) groups is 2. The molecular formula is C26H20O2. The summed E-state index contributed by atoms with van der Waals surface area (Å²) in [6, 6.07) is 32.3. The Morgan fingerprint density at radius 3 is 1.89 bits per heavy atom. The van der Waals surface area contributed by atoms with E-state index in [1.807, 2.05) is 91.0 Å². The van der Waals surface area contributed by atoms with Crippen LogP contribution in [-0.4, -0.2) is 11.6 Å². The van der Waals surface area contributed by atoms with Crippen molar-refractivity contribution >= 4 is 22.3 Å². The van der Waals surface area contributed by atoms with E-state index in [-0.39, 0.29) is 18.0 Å². The van der Waals surface area contributed by atoms with Crippen LogP contribution in [0.3, 0.4) is 0 Å². The molecule has 28 heavy (non-hydrogen) atoms. The van der Waals surface area contributed by atoms with Gasteiger partial charge in [-0.3, -0.25) is 9.59 Å². The number of fused-ring (bicyclic) bond motifs is 1. The lowest BCUT2D eigenvalue weighted by molar-refractivity contribution is 0.0894. The van der Waals surface area contributed by atoms with Crippen LogP contribution in [0.1, 0.15) is 38.6 Å². The van der Waals surface area contributed by atoms with Gasteiger partial charge in [-0.1, -0.05) is 103 Å². The highest BCUT2D eigenvalue weighted by Crippen LogP contribution is 2.32. The maximum Gasteiger partial charge on any atom is 0.170 e. The van der Waals surface area contributed by atoms with Crippen molar-refractivity contribution in [2.75, 3.05) is 0 Å². The maximum absolute atomic E-state index is 13.4. The third-order valence-electron chi connectivity index (χ3n) is 5.06. The van der Waals surface area contributed by atoms with E-state index in [4.69, 9.17) is 0 Å². The predicted molar refractivity (Wildman–Crippen MR) is 113 cm³/mol. The summed E-state index contributed by atoms with van der Waals surface area (Å²) >= 11 is 0. The van der Waals surface area contributed by atoms with Gasteiger partial charge in [-0.2, -0.15) is 0 Å². The fourth-order valence-electron chi connectivity index (χ4n) is 3.63. The van der Waals surface area contributed by atoms with Gasteiger partial charge in [-0.25, -0.2) is 0 Å². The van der Waals surface area contributed by atoms with Crippen molar-refractivity contribution in [3.63, 3.8) is 0 Å². The first-order valence-corrected chi connectivity index (χ1v) is 9.39. The Bertz CT molecular complexity index is 1110. The first-order chi connectivity index (χ1) is 13.7. The average molecular weight is 364 g/mol.